The fourth-order valence-electron chi connectivity index (χ4n) is 2.89. The highest BCUT2D eigenvalue weighted by atomic mass is 16.5. The van der Waals surface area contributed by atoms with Crippen LogP contribution in [-0.2, 0) is 9.53 Å². The molecular weight excluding hydrogens is 216 g/mol. The van der Waals surface area contributed by atoms with Gasteiger partial charge in [0.25, 0.3) is 0 Å². The van der Waals surface area contributed by atoms with E-state index in [4.69, 9.17) is 4.74 Å². The minimum Gasteiger partial charge on any atom is -0.378 e. The number of nitrogens with one attached hydrogen (secondary N) is 1. The summed E-state index contributed by atoms with van der Waals surface area (Å²) in [6, 6.07) is 0.398. The molecule has 2 aliphatic rings. The molecule has 2 aliphatic heterocycles. The van der Waals surface area contributed by atoms with Crippen LogP contribution in [0.4, 0.5) is 0 Å². The summed E-state index contributed by atoms with van der Waals surface area (Å²) >= 11 is 0. The second-order valence-corrected chi connectivity index (χ2v) is 5.15. The summed E-state index contributed by atoms with van der Waals surface area (Å²) in [5, 5.41) is 3.34. The topological polar surface area (TPSA) is 41.6 Å². The Kier molecular flexibility index (Phi) is 4.40. The minimum atomic E-state index is 0.0853. The van der Waals surface area contributed by atoms with Gasteiger partial charge < -0.3 is 15.0 Å². The van der Waals surface area contributed by atoms with Crippen molar-refractivity contribution in [1.29, 1.82) is 0 Å². The Hall–Kier alpha value is -0.610. The van der Waals surface area contributed by atoms with Gasteiger partial charge in [0.05, 0.1) is 12.0 Å². The number of ether oxygens (including phenoxy) is 1. The number of hydrogen-bond acceptors (Lipinski definition) is 3. The van der Waals surface area contributed by atoms with Crippen molar-refractivity contribution < 1.29 is 9.53 Å². The molecular formula is C13H24N2O2. The molecule has 0 aromatic rings. The summed E-state index contributed by atoms with van der Waals surface area (Å²) in [6.45, 7) is 7.77. The number of amides is 1. The van der Waals surface area contributed by atoms with E-state index in [1.54, 1.807) is 0 Å². The van der Waals surface area contributed by atoms with E-state index in [1.165, 1.54) is 0 Å². The van der Waals surface area contributed by atoms with Crippen LogP contribution in [-0.4, -0.2) is 49.2 Å². The summed E-state index contributed by atoms with van der Waals surface area (Å²) in [5.74, 6) is 0.396. The third kappa shape index (κ3) is 2.80. The van der Waals surface area contributed by atoms with Gasteiger partial charge in [-0.1, -0.05) is 6.92 Å². The van der Waals surface area contributed by atoms with Gasteiger partial charge in [0, 0.05) is 25.7 Å². The molecule has 0 saturated carbocycles. The Morgan fingerprint density at radius 1 is 1.47 bits per heavy atom. The third-order valence-electron chi connectivity index (χ3n) is 3.92. The van der Waals surface area contributed by atoms with Crippen LogP contribution in [0.15, 0.2) is 0 Å². The van der Waals surface area contributed by atoms with E-state index in [0.29, 0.717) is 11.9 Å². The van der Waals surface area contributed by atoms with E-state index in [1.807, 2.05) is 6.92 Å². The normalized spacial score (nSPS) is 32.9. The van der Waals surface area contributed by atoms with Gasteiger partial charge in [-0.2, -0.15) is 0 Å². The maximum Gasteiger partial charge on any atom is 0.228 e. The zero-order valence-corrected chi connectivity index (χ0v) is 10.9. The largest absolute Gasteiger partial charge is 0.378 e. The first kappa shape index (κ1) is 12.8. The molecule has 1 N–H and O–H groups in total. The first-order chi connectivity index (χ1) is 8.24. The van der Waals surface area contributed by atoms with Crippen molar-refractivity contribution in [2.45, 2.75) is 45.3 Å². The van der Waals surface area contributed by atoms with E-state index in [9.17, 15) is 4.79 Å². The molecule has 0 aromatic heterocycles. The molecule has 0 aromatic carbocycles. The minimum absolute atomic E-state index is 0.0853. The number of hydrogen-bond donors (Lipinski definition) is 1. The molecule has 2 fully saturated rings. The van der Waals surface area contributed by atoms with Gasteiger partial charge in [0.2, 0.25) is 5.91 Å². The SMILES string of the molecule is CCCN(C(=O)C1CCOC1C)C1CCNC1. The maximum absolute atomic E-state index is 12.6. The van der Waals surface area contributed by atoms with Crippen molar-refractivity contribution in [1.82, 2.24) is 10.2 Å². The average Bonchev–Trinajstić information content (AvgIpc) is 2.95. The number of carbonyl (C=O) groups is 1. The smallest absolute Gasteiger partial charge is 0.228 e. The van der Waals surface area contributed by atoms with Gasteiger partial charge in [0.15, 0.2) is 0 Å². The zero-order valence-electron chi connectivity index (χ0n) is 10.9. The molecule has 0 radical (unpaired) electrons. The number of carbonyl (C=O) groups excluding carboxylic acids is 1. The highest BCUT2D eigenvalue weighted by molar-refractivity contribution is 5.80. The lowest BCUT2D eigenvalue weighted by molar-refractivity contribution is -0.139. The quantitative estimate of drug-likeness (QED) is 0.797. The van der Waals surface area contributed by atoms with Gasteiger partial charge in [-0.05, 0) is 32.7 Å². The lowest BCUT2D eigenvalue weighted by atomic mass is 9.99. The van der Waals surface area contributed by atoms with Crippen LogP contribution in [0, 0.1) is 5.92 Å². The second-order valence-electron chi connectivity index (χ2n) is 5.15. The summed E-state index contributed by atoms with van der Waals surface area (Å²) < 4.78 is 5.51. The van der Waals surface area contributed by atoms with Crippen LogP contribution >= 0.6 is 0 Å². The summed E-state index contributed by atoms with van der Waals surface area (Å²) in [7, 11) is 0. The Bertz CT molecular complexity index is 264. The highest BCUT2D eigenvalue weighted by Gasteiger charge is 2.36. The summed E-state index contributed by atoms with van der Waals surface area (Å²) in [6.07, 6.45) is 3.11. The molecule has 17 heavy (non-hydrogen) atoms. The molecule has 0 aliphatic carbocycles. The fourth-order valence-corrected chi connectivity index (χ4v) is 2.89. The predicted octanol–water partition coefficient (Wildman–Crippen LogP) is 1.01. The molecule has 1 amide bonds. The van der Waals surface area contributed by atoms with Crippen molar-refractivity contribution in [2.75, 3.05) is 26.2 Å². The van der Waals surface area contributed by atoms with Gasteiger partial charge >= 0.3 is 0 Å². The van der Waals surface area contributed by atoms with Crippen molar-refractivity contribution >= 4 is 5.91 Å². The van der Waals surface area contributed by atoms with Crippen molar-refractivity contribution in [3.8, 4) is 0 Å². The fraction of sp³-hybridized carbons (Fsp3) is 0.923. The molecule has 2 saturated heterocycles. The first-order valence-corrected chi connectivity index (χ1v) is 6.86. The lowest BCUT2D eigenvalue weighted by Gasteiger charge is -2.31. The second kappa shape index (κ2) is 5.83. The van der Waals surface area contributed by atoms with Crippen LogP contribution in [0.2, 0.25) is 0 Å². The molecule has 2 rings (SSSR count). The first-order valence-electron chi connectivity index (χ1n) is 6.86. The Morgan fingerprint density at radius 3 is 2.82 bits per heavy atom. The maximum atomic E-state index is 12.6. The van der Waals surface area contributed by atoms with Crippen LogP contribution in [0.3, 0.4) is 0 Å². The van der Waals surface area contributed by atoms with Gasteiger partial charge in [0.1, 0.15) is 0 Å². The third-order valence-corrected chi connectivity index (χ3v) is 3.92. The van der Waals surface area contributed by atoms with Gasteiger partial charge in [-0.15, -0.1) is 0 Å². The average molecular weight is 240 g/mol. The molecule has 4 heteroatoms. The van der Waals surface area contributed by atoms with Crippen LogP contribution in [0.5, 0.6) is 0 Å². The zero-order chi connectivity index (χ0) is 12.3. The van der Waals surface area contributed by atoms with Crippen molar-refractivity contribution in [3.63, 3.8) is 0 Å². The van der Waals surface area contributed by atoms with Crippen LogP contribution < -0.4 is 5.32 Å². The van der Waals surface area contributed by atoms with Crippen molar-refractivity contribution in [2.24, 2.45) is 5.92 Å². The van der Waals surface area contributed by atoms with Crippen LogP contribution in [0.1, 0.15) is 33.1 Å². The van der Waals surface area contributed by atoms with E-state index in [2.05, 4.69) is 17.1 Å². The molecule has 98 valence electrons. The molecule has 2 heterocycles. The van der Waals surface area contributed by atoms with E-state index in [-0.39, 0.29) is 12.0 Å². The molecule has 0 spiro atoms. The van der Waals surface area contributed by atoms with Crippen molar-refractivity contribution in [3.05, 3.63) is 0 Å². The Morgan fingerprint density at radius 2 is 2.29 bits per heavy atom. The number of rotatable bonds is 4. The predicted molar refractivity (Wildman–Crippen MR) is 66.8 cm³/mol. The highest BCUT2D eigenvalue weighted by Crippen LogP contribution is 2.24. The molecule has 3 atom stereocenters. The molecule has 4 nitrogen and oxygen atoms in total. The molecule has 3 unspecified atom stereocenters. The standard InChI is InChI=1S/C13H24N2O2/c1-3-7-15(11-4-6-14-9-11)13(16)12-5-8-17-10(12)2/h10-12,14H,3-9H2,1-2H3. The van der Waals surface area contributed by atoms with Crippen LogP contribution in [0.25, 0.3) is 0 Å². The Labute approximate surface area is 104 Å². The van der Waals surface area contributed by atoms with E-state index < -0.39 is 0 Å². The summed E-state index contributed by atoms with van der Waals surface area (Å²) in [4.78, 5) is 14.6. The van der Waals surface area contributed by atoms with Gasteiger partial charge in [-0.25, -0.2) is 0 Å². The summed E-state index contributed by atoms with van der Waals surface area (Å²) in [5.41, 5.74) is 0. The number of nitrogens with zero attached hydrogens (tertiary/aromatic N) is 1. The van der Waals surface area contributed by atoms with E-state index >= 15 is 0 Å². The van der Waals surface area contributed by atoms with Gasteiger partial charge in [-0.3, -0.25) is 4.79 Å². The monoisotopic (exact) mass is 240 g/mol. The van der Waals surface area contributed by atoms with E-state index in [0.717, 1.165) is 45.5 Å². The Balaban J connectivity index is 2.01. The lowest BCUT2D eigenvalue weighted by Crippen LogP contribution is -2.46. The molecule has 0 bridgehead atoms.